The Balaban J connectivity index is 1.44. The number of para-hydroxylation sites is 1. The van der Waals surface area contributed by atoms with Gasteiger partial charge >= 0.3 is 5.97 Å². The number of carbonyl (C=O) groups excluding carboxylic acids is 2. The Labute approximate surface area is 248 Å². The molecule has 0 saturated heterocycles. The van der Waals surface area contributed by atoms with Crippen molar-refractivity contribution in [2.75, 3.05) is 13.2 Å². The number of aromatic nitrogens is 1. The zero-order valence-corrected chi connectivity index (χ0v) is 24.2. The quantitative estimate of drug-likeness (QED) is 0.206. The molecule has 0 fully saturated rings. The first-order valence-electron chi connectivity index (χ1n) is 13.7. The summed E-state index contributed by atoms with van der Waals surface area (Å²) in [5.74, 6) is -0.241. The molecule has 4 aromatic rings. The summed E-state index contributed by atoms with van der Waals surface area (Å²) in [4.78, 5) is 30.8. The standard InChI is InChI=1S/C33H31N3O5S/c1-3-40-25-16-14-24(15-17-25)35-32-30(33(39)41-4-2)31(38)28(42-32)18-23-20-36(27-13-9-8-12-26(23)27)21-29(37)34-19-22-10-6-5-7-11-22/h5-18,20,38H,3-4,19,21H2,1-2H3,(H,34,37)/b28-18-,35-32?. The number of esters is 1. The summed E-state index contributed by atoms with van der Waals surface area (Å²) in [7, 11) is 0. The smallest absolute Gasteiger partial charge is 0.344 e. The van der Waals surface area contributed by atoms with Gasteiger partial charge in [-0.1, -0.05) is 60.3 Å². The van der Waals surface area contributed by atoms with Crippen LogP contribution in [0.15, 0.2) is 106 Å². The molecule has 1 amide bonds. The number of carbonyl (C=O) groups is 2. The number of aliphatic imine (C=N–C) groups is 1. The van der Waals surface area contributed by atoms with Crippen molar-refractivity contribution in [2.24, 2.45) is 4.99 Å². The van der Waals surface area contributed by atoms with E-state index in [2.05, 4.69) is 10.3 Å². The molecule has 0 radical (unpaired) electrons. The number of hydrogen-bond donors (Lipinski definition) is 2. The Kier molecular flexibility index (Phi) is 9.08. The van der Waals surface area contributed by atoms with Crippen molar-refractivity contribution < 1.29 is 24.2 Å². The molecule has 8 nitrogen and oxygen atoms in total. The minimum absolute atomic E-state index is 0.0195. The maximum absolute atomic E-state index is 12.9. The van der Waals surface area contributed by atoms with Crippen molar-refractivity contribution in [3.05, 3.63) is 112 Å². The summed E-state index contributed by atoms with van der Waals surface area (Å²) < 4.78 is 12.6. The van der Waals surface area contributed by atoms with Gasteiger partial charge in [-0.2, -0.15) is 0 Å². The second kappa shape index (κ2) is 13.3. The van der Waals surface area contributed by atoms with E-state index in [1.165, 1.54) is 11.8 Å². The summed E-state index contributed by atoms with van der Waals surface area (Å²) >= 11 is 1.19. The Morgan fingerprint density at radius 2 is 1.71 bits per heavy atom. The molecule has 5 rings (SSSR count). The van der Waals surface area contributed by atoms with Crippen LogP contribution in [-0.2, 0) is 27.4 Å². The largest absolute Gasteiger partial charge is 0.506 e. The molecule has 0 atom stereocenters. The van der Waals surface area contributed by atoms with E-state index < -0.39 is 5.97 Å². The SMILES string of the molecule is CCOC(=O)C1=C(O)/C(=C/c2cn(CC(=O)NCc3ccccc3)c3ccccc23)SC1=Nc1ccc(OCC)cc1. The normalized spacial score (nSPS) is 15.0. The van der Waals surface area contributed by atoms with E-state index in [9.17, 15) is 14.7 Å². The van der Waals surface area contributed by atoms with E-state index in [0.717, 1.165) is 27.8 Å². The molecule has 1 aliphatic rings. The minimum atomic E-state index is -0.645. The molecule has 42 heavy (non-hydrogen) atoms. The molecule has 9 heteroatoms. The lowest BCUT2D eigenvalue weighted by Crippen LogP contribution is -2.26. The van der Waals surface area contributed by atoms with Crippen LogP contribution < -0.4 is 10.1 Å². The van der Waals surface area contributed by atoms with Gasteiger partial charge in [0.15, 0.2) is 0 Å². The maximum atomic E-state index is 12.9. The number of benzene rings is 3. The number of hydrogen-bond acceptors (Lipinski definition) is 7. The third-order valence-corrected chi connectivity index (χ3v) is 7.52. The fourth-order valence-corrected chi connectivity index (χ4v) is 5.59. The van der Waals surface area contributed by atoms with Gasteiger partial charge in [0.1, 0.15) is 28.7 Å². The van der Waals surface area contributed by atoms with Gasteiger partial charge in [0.25, 0.3) is 0 Å². The number of aliphatic hydroxyl groups is 1. The van der Waals surface area contributed by atoms with Crippen LogP contribution in [0, 0.1) is 0 Å². The van der Waals surface area contributed by atoms with Gasteiger partial charge in [0.05, 0.1) is 23.8 Å². The van der Waals surface area contributed by atoms with Gasteiger partial charge in [0.2, 0.25) is 5.91 Å². The number of fused-ring (bicyclic) bond motifs is 1. The predicted octanol–water partition coefficient (Wildman–Crippen LogP) is 6.55. The number of nitrogens with one attached hydrogen (secondary N) is 1. The lowest BCUT2D eigenvalue weighted by molar-refractivity contribution is -0.138. The molecule has 0 spiro atoms. The number of thioether (sulfide) groups is 1. The molecule has 214 valence electrons. The Morgan fingerprint density at radius 1 is 0.976 bits per heavy atom. The number of nitrogens with zero attached hydrogens (tertiary/aromatic N) is 2. The Morgan fingerprint density at radius 3 is 2.45 bits per heavy atom. The molecule has 0 saturated carbocycles. The summed E-state index contributed by atoms with van der Waals surface area (Å²) in [5, 5.41) is 15.4. The maximum Gasteiger partial charge on any atom is 0.344 e. The molecule has 0 unspecified atom stereocenters. The number of ether oxygens (including phenoxy) is 2. The second-order valence-electron chi connectivity index (χ2n) is 9.39. The van der Waals surface area contributed by atoms with Gasteiger partial charge < -0.3 is 24.5 Å². The lowest BCUT2D eigenvalue weighted by Gasteiger charge is -2.07. The zero-order chi connectivity index (χ0) is 29.5. The highest BCUT2D eigenvalue weighted by Crippen LogP contribution is 2.41. The number of amides is 1. The van der Waals surface area contributed by atoms with E-state index >= 15 is 0 Å². The average Bonchev–Trinajstić information content (AvgIpc) is 3.50. The monoisotopic (exact) mass is 581 g/mol. The van der Waals surface area contributed by atoms with E-state index in [1.807, 2.05) is 72.3 Å². The van der Waals surface area contributed by atoms with Crippen molar-refractivity contribution in [3.8, 4) is 5.75 Å². The van der Waals surface area contributed by atoms with E-state index in [-0.39, 0.29) is 30.4 Å². The van der Waals surface area contributed by atoms with Crippen LogP contribution in [0.25, 0.3) is 17.0 Å². The zero-order valence-electron chi connectivity index (χ0n) is 23.4. The highest BCUT2D eigenvalue weighted by Gasteiger charge is 2.33. The first-order valence-corrected chi connectivity index (χ1v) is 14.5. The fraction of sp³-hybridized carbons (Fsp3) is 0.182. The average molecular weight is 582 g/mol. The highest BCUT2D eigenvalue weighted by molar-refractivity contribution is 8.18. The van der Waals surface area contributed by atoms with Crippen LogP contribution in [0.4, 0.5) is 5.69 Å². The van der Waals surface area contributed by atoms with Crippen molar-refractivity contribution in [3.63, 3.8) is 0 Å². The Hall–Kier alpha value is -4.76. The molecule has 2 heterocycles. The molecular weight excluding hydrogens is 550 g/mol. The first kappa shape index (κ1) is 28.8. The van der Waals surface area contributed by atoms with E-state index in [0.29, 0.717) is 28.8 Å². The summed E-state index contributed by atoms with van der Waals surface area (Å²) in [5.41, 5.74) is 3.32. The third kappa shape index (κ3) is 6.58. The summed E-state index contributed by atoms with van der Waals surface area (Å²) in [6.07, 6.45) is 3.68. The van der Waals surface area contributed by atoms with Crippen LogP contribution in [-0.4, -0.2) is 39.8 Å². The first-order chi connectivity index (χ1) is 20.5. The second-order valence-corrected chi connectivity index (χ2v) is 10.4. The van der Waals surface area contributed by atoms with Gasteiger partial charge in [-0.15, -0.1) is 0 Å². The predicted molar refractivity (Wildman–Crippen MR) is 167 cm³/mol. The summed E-state index contributed by atoms with van der Waals surface area (Å²) in [6, 6.07) is 24.7. The van der Waals surface area contributed by atoms with Crippen molar-refractivity contribution >= 4 is 51.3 Å². The molecule has 1 aliphatic heterocycles. The van der Waals surface area contributed by atoms with Crippen molar-refractivity contribution in [2.45, 2.75) is 26.9 Å². The van der Waals surface area contributed by atoms with Crippen LogP contribution in [0.5, 0.6) is 5.75 Å². The third-order valence-electron chi connectivity index (χ3n) is 6.50. The van der Waals surface area contributed by atoms with Crippen molar-refractivity contribution in [1.29, 1.82) is 0 Å². The van der Waals surface area contributed by atoms with Crippen LogP contribution >= 0.6 is 11.8 Å². The van der Waals surface area contributed by atoms with Crippen LogP contribution in [0.3, 0.4) is 0 Å². The topological polar surface area (TPSA) is 102 Å². The molecule has 1 aromatic heterocycles. The van der Waals surface area contributed by atoms with Gasteiger partial charge in [-0.05, 0) is 55.8 Å². The molecular formula is C33H31N3O5S. The van der Waals surface area contributed by atoms with Crippen molar-refractivity contribution in [1.82, 2.24) is 9.88 Å². The molecule has 2 N–H and O–H groups in total. The van der Waals surface area contributed by atoms with Gasteiger partial charge in [-0.25, -0.2) is 9.79 Å². The Bertz CT molecular complexity index is 1690. The summed E-state index contributed by atoms with van der Waals surface area (Å²) in [6.45, 7) is 4.91. The number of rotatable bonds is 10. The van der Waals surface area contributed by atoms with Gasteiger partial charge in [-0.3, -0.25) is 4.79 Å². The highest BCUT2D eigenvalue weighted by atomic mass is 32.2. The van der Waals surface area contributed by atoms with E-state index in [4.69, 9.17) is 9.47 Å². The molecule has 0 aliphatic carbocycles. The van der Waals surface area contributed by atoms with Crippen LogP contribution in [0.2, 0.25) is 0 Å². The fourth-order valence-electron chi connectivity index (χ4n) is 4.56. The van der Waals surface area contributed by atoms with E-state index in [1.54, 1.807) is 37.3 Å². The van der Waals surface area contributed by atoms with Crippen LogP contribution in [0.1, 0.15) is 25.0 Å². The van der Waals surface area contributed by atoms with Gasteiger partial charge in [0, 0.05) is 29.2 Å². The minimum Gasteiger partial charge on any atom is -0.506 e. The lowest BCUT2D eigenvalue weighted by atomic mass is 10.1. The molecule has 3 aromatic carbocycles. The molecule has 0 bridgehead atoms. The number of aliphatic hydroxyl groups excluding tert-OH is 1.